The highest BCUT2D eigenvalue weighted by atomic mass is 16.3. The molecule has 0 radical (unpaired) electrons. The highest BCUT2D eigenvalue weighted by Gasteiger charge is 2.62. The first-order valence-corrected chi connectivity index (χ1v) is 13.1. The Morgan fingerprint density at radius 3 is 2.43 bits per heavy atom. The van der Waals surface area contributed by atoms with Crippen molar-refractivity contribution in [3.05, 3.63) is 11.6 Å². The van der Waals surface area contributed by atoms with Gasteiger partial charge in [-0.15, -0.1) is 0 Å². The van der Waals surface area contributed by atoms with Gasteiger partial charge in [0.15, 0.2) is 0 Å². The molecular formula is C28H48O2. The largest absolute Gasteiger partial charge is 0.393 e. The highest BCUT2D eigenvalue weighted by molar-refractivity contribution is 5.26. The third-order valence-electron chi connectivity index (χ3n) is 11.2. The van der Waals surface area contributed by atoms with Gasteiger partial charge in [0, 0.05) is 0 Å². The number of aliphatic hydroxyl groups is 2. The molecule has 0 bridgehead atoms. The van der Waals surface area contributed by atoms with Crippen molar-refractivity contribution in [2.24, 2.45) is 52.3 Å². The molecule has 3 fully saturated rings. The fraction of sp³-hybridized carbons (Fsp3) is 0.929. The van der Waals surface area contributed by atoms with E-state index in [1.165, 1.54) is 37.7 Å². The number of rotatable bonds is 5. The van der Waals surface area contributed by atoms with E-state index in [0.717, 1.165) is 43.4 Å². The molecule has 0 aromatic rings. The standard InChI is InChI=1S/C28H48O2/c1-17(2)18(3)7-8-19(4)23-11-12-24-22-10-9-20-15-21(29)13-14-27(20,5)25(22)16-26(30)28(23,24)6/h9,17-19,21-26,29-30H,7-8,10-16H2,1-6H3/t18-,19-,21+,22+,23-,24+,25+,26+,27+,28-/m1/s1. The van der Waals surface area contributed by atoms with E-state index in [9.17, 15) is 10.2 Å². The number of allylic oxidation sites excluding steroid dienone is 1. The van der Waals surface area contributed by atoms with Crippen molar-refractivity contribution in [3.63, 3.8) is 0 Å². The third-order valence-corrected chi connectivity index (χ3v) is 11.2. The molecule has 172 valence electrons. The fourth-order valence-electron chi connectivity index (χ4n) is 8.63. The molecule has 0 saturated heterocycles. The zero-order valence-corrected chi connectivity index (χ0v) is 20.5. The second kappa shape index (κ2) is 8.22. The van der Waals surface area contributed by atoms with Gasteiger partial charge in [-0.25, -0.2) is 0 Å². The summed E-state index contributed by atoms with van der Waals surface area (Å²) in [5.41, 5.74) is 1.81. The maximum Gasteiger partial charge on any atom is 0.0602 e. The van der Waals surface area contributed by atoms with Crippen molar-refractivity contribution >= 4 is 0 Å². The molecular weight excluding hydrogens is 368 g/mol. The van der Waals surface area contributed by atoms with Gasteiger partial charge in [-0.3, -0.25) is 0 Å². The van der Waals surface area contributed by atoms with Crippen LogP contribution in [0.25, 0.3) is 0 Å². The Morgan fingerprint density at radius 1 is 1.00 bits per heavy atom. The van der Waals surface area contributed by atoms with Crippen molar-refractivity contribution < 1.29 is 10.2 Å². The van der Waals surface area contributed by atoms with E-state index in [4.69, 9.17) is 0 Å². The number of hydrogen-bond donors (Lipinski definition) is 2. The lowest BCUT2D eigenvalue weighted by atomic mass is 9.46. The van der Waals surface area contributed by atoms with Crippen molar-refractivity contribution in [2.75, 3.05) is 0 Å². The number of aliphatic hydroxyl groups excluding tert-OH is 2. The summed E-state index contributed by atoms with van der Waals surface area (Å²) < 4.78 is 0. The molecule has 10 atom stereocenters. The quantitative estimate of drug-likeness (QED) is 0.495. The van der Waals surface area contributed by atoms with Crippen molar-refractivity contribution in [1.29, 1.82) is 0 Å². The maximum absolute atomic E-state index is 11.7. The molecule has 0 aromatic heterocycles. The average molecular weight is 417 g/mol. The van der Waals surface area contributed by atoms with E-state index in [0.29, 0.717) is 23.7 Å². The van der Waals surface area contributed by atoms with Crippen LogP contribution in [-0.4, -0.2) is 22.4 Å². The van der Waals surface area contributed by atoms with Gasteiger partial charge in [0.2, 0.25) is 0 Å². The lowest BCUT2D eigenvalue weighted by molar-refractivity contribution is -0.136. The Kier molecular flexibility index (Phi) is 6.26. The summed E-state index contributed by atoms with van der Waals surface area (Å²) in [6.45, 7) is 14.5. The smallest absolute Gasteiger partial charge is 0.0602 e. The molecule has 30 heavy (non-hydrogen) atoms. The molecule has 0 heterocycles. The molecule has 4 rings (SSSR count). The molecule has 0 aromatic carbocycles. The lowest BCUT2D eigenvalue weighted by Crippen LogP contribution is -2.56. The predicted octanol–water partition coefficient (Wildman–Crippen LogP) is 6.61. The van der Waals surface area contributed by atoms with Crippen LogP contribution in [0.3, 0.4) is 0 Å². The Labute approximate surface area is 185 Å². The molecule has 2 N–H and O–H groups in total. The molecule has 2 nitrogen and oxygen atoms in total. The zero-order chi connectivity index (χ0) is 21.8. The summed E-state index contributed by atoms with van der Waals surface area (Å²) in [7, 11) is 0. The monoisotopic (exact) mass is 416 g/mol. The van der Waals surface area contributed by atoms with Crippen LogP contribution in [0.4, 0.5) is 0 Å². The first kappa shape index (κ1) is 22.8. The summed E-state index contributed by atoms with van der Waals surface area (Å²) >= 11 is 0. The van der Waals surface area contributed by atoms with Crippen LogP contribution in [0.5, 0.6) is 0 Å². The SMILES string of the molecule is CC(C)[C@H](C)CC[C@@H](C)[C@H]1CC[C@H]2[C@@H]3CC=C4C[C@@H](O)CC[C@]4(C)[C@H]3C[C@H](O)[C@]12C. The first-order chi connectivity index (χ1) is 14.1. The topological polar surface area (TPSA) is 40.5 Å². The van der Waals surface area contributed by atoms with Gasteiger partial charge in [0.25, 0.3) is 0 Å². The van der Waals surface area contributed by atoms with E-state index in [1.807, 2.05) is 0 Å². The van der Waals surface area contributed by atoms with Gasteiger partial charge in [0.05, 0.1) is 12.2 Å². The minimum atomic E-state index is -0.163. The fourth-order valence-corrected chi connectivity index (χ4v) is 8.63. The average Bonchev–Trinajstić information content (AvgIpc) is 3.06. The number of fused-ring (bicyclic) bond motifs is 5. The van der Waals surface area contributed by atoms with Crippen molar-refractivity contribution in [3.8, 4) is 0 Å². The predicted molar refractivity (Wildman–Crippen MR) is 125 cm³/mol. The van der Waals surface area contributed by atoms with Gasteiger partial charge >= 0.3 is 0 Å². The molecule has 4 aliphatic rings. The molecule has 0 unspecified atom stereocenters. The van der Waals surface area contributed by atoms with Crippen molar-refractivity contribution in [2.45, 2.75) is 112 Å². The molecule has 2 heteroatoms. The first-order valence-electron chi connectivity index (χ1n) is 13.1. The summed E-state index contributed by atoms with van der Waals surface area (Å²) in [4.78, 5) is 0. The third kappa shape index (κ3) is 3.53. The van der Waals surface area contributed by atoms with E-state index in [-0.39, 0.29) is 23.0 Å². The van der Waals surface area contributed by atoms with Crippen LogP contribution in [0.2, 0.25) is 0 Å². The van der Waals surface area contributed by atoms with Crippen LogP contribution >= 0.6 is 0 Å². The minimum absolute atomic E-state index is 0.0948. The zero-order valence-electron chi connectivity index (χ0n) is 20.5. The Balaban J connectivity index is 1.54. The minimum Gasteiger partial charge on any atom is -0.393 e. The van der Waals surface area contributed by atoms with E-state index in [2.05, 4.69) is 47.6 Å². The molecule has 4 aliphatic carbocycles. The van der Waals surface area contributed by atoms with E-state index < -0.39 is 0 Å². The van der Waals surface area contributed by atoms with Gasteiger partial charge in [-0.2, -0.15) is 0 Å². The van der Waals surface area contributed by atoms with Crippen molar-refractivity contribution in [1.82, 2.24) is 0 Å². The van der Waals surface area contributed by atoms with Gasteiger partial charge < -0.3 is 10.2 Å². The van der Waals surface area contributed by atoms with E-state index >= 15 is 0 Å². The molecule has 0 amide bonds. The summed E-state index contributed by atoms with van der Waals surface area (Å²) in [6.07, 6.45) is 12.5. The van der Waals surface area contributed by atoms with Gasteiger partial charge in [0.1, 0.15) is 0 Å². The Bertz CT molecular complexity index is 653. The molecule has 0 spiro atoms. The summed E-state index contributed by atoms with van der Waals surface area (Å²) in [6, 6.07) is 0. The lowest BCUT2D eigenvalue weighted by Gasteiger charge is -2.60. The van der Waals surface area contributed by atoms with Crippen LogP contribution in [0, 0.1) is 52.3 Å². The molecule has 3 saturated carbocycles. The Morgan fingerprint density at radius 2 is 1.73 bits per heavy atom. The molecule has 0 aliphatic heterocycles. The Hall–Kier alpha value is -0.340. The van der Waals surface area contributed by atoms with Gasteiger partial charge in [-0.05, 0) is 97.2 Å². The normalized spacial score (nSPS) is 47.8. The van der Waals surface area contributed by atoms with Crippen LogP contribution in [0.15, 0.2) is 11.6 Å². The van der Waals surface area contributed by atoms with Crippen LogP contribution in [0.1, 0.15) is 99.3 Å². The summed E-state index contributed by atoms with van der Waals surface area (Å²) in [5.74, 6) is 4.95. The van der Waals surface area contributed by atoms with Crippen LogP contribution < -0.4 is 0 Å². The second-order valence-corrected chi connectivity index (χ2v) is 12.7. The van der Waals surface area contributed by atoms with Crippen LogP contribution in [-0.2, 0) is 0 Å². The second-order valence-electron chi connectivity index (χ2n) is 12.7. The van der Waals surface area contributed by atoms with E-state index in [1.54, 1.807) is 0 Å². The summed E-state index contributed by atoms with van der Waals surface area (Å²) in [5, 5.41) is 21.9. The van der Waals surface area contributed by atoms with Gasteiger partial charge in [-0.1, -0.05) is 66.0 Å². The highest BCUT2D eigenvalue weighted by Crippen LogP contribution is 2.67. The number of hydrogen-bond acceptors (Lipinski definition) is 2. The maximum atomic E-state index is 11.7.